The maximum Gasteiger partial charge on any atom is 0.410 e. The number of carbonyl (C=O) groups excluding carboxylic acids is 1. The largest absolute Gasteiger partial charge is 0.444 e. The summed E-state index contributed by atoms with van der Waals surface area (Å²) in [5.41, 5.74) is 2.18. The van der Waals surface area contributed by atoms with Gasteiger partial charge in [-0.1, -0.05) is 0 Å². The van der Waals surface area contributed by atoms with Crippen LogP contribution in [0.25, 0.3) is 0 Å². The fourth-order valence-corrected chi connectivity index (χ4v) is 1.06. The van der Waals surface area contributed by atoms with Gasteiger partial charge >= 0.3 is 6.09 Å². The molecule has 0 bridgehead atoms. The van der Waals surface area contributed by atoms with Gasteiger partial charge in [-0.15, -0.1) is 12.4 Å². The molecule has 0 aromatic rings. The third kappa shape index (κ3) is 3.69. The number of rotatable bonds is 1. The summed E-state index contributed by atoms with van der Waals surface area (Å²) >= 11 is 0. The number of nitrogens with one attached hydrogen (secondary N) is 1. The first-order chi connectivity index (χ1) is 5.92. The zero-order chi connectivity index (χ0) is 10.1. The second kappa shape index (κ2) is 4.82. The lowest BCUT2D eigenvalue weighted by Crippen LogP contribution is -2.62. The molecule has 1 saturated heterocycles. The van der Waals surface area contributed by atoms with Crippen molar-refractivity contribution in [3.8, 4) is 0 Å². The minimum absolute atomic E-state index is 0. The van der Waals surface area contributed by atoms with E-state index in [1.807, 2.05) is 20.8 Å². The van der Waals surface area contributed by atoms with Crippen LogP contribution in [0.2, 0.25) is 0 Å². The van der Waals surface area contributed by atoms with Crippen LogP contribution in [0.1, 0.15) is 20.8 Å². The third-order valence-electron chi connectivity index (χ3n) is 1.77. The fraction of sp³-hybridized carbons (Fsp3) is 0.875. The first-order valence-electron chi connectivity index (χ1n) is 4.36. The van der Waals surface area contributed by atoms with E-state index in [2.05, 4.69) is 5.43 Å². The number of amides is 1. The molecule has 0 radical (unpaired) electrons. The zero-order valence-electron chi connectivity index (χ0n) is 8.74. The van der Waals surface area contributed by atoms with Crippen molar-refractivity contribution in [2.45, 2.75) is 32.4 Å². The van der Waals surface area contributed by atoms with Gasteiger partial charge in [-0.3, -0.25) is 11.3 Å². The Morgan fingerprint density at radius 3 is 2.36 bits per heavy atom. The number of hydrazine groups is 1. The molecule has 0 aromatic carbocycles. The van der Waals surface area contributed by atoms with Crippen molar-refractivity contribution in [1.82, 2.24) is 10.3 Å². The highest BCUT2D eigenvalue weighted by Gasteiger charge is 2.32. The quantitative estimate of drug-likeness (QED) is 0.502. The molecule has 1 heterocycles. The zero-order valence-corrected chi connectivity index (χ0v) is 9.56. The van der Waals surface area contributed by atoms with E-state index >= 15 is 0 Å². The van der Waals surface area contributed by atoms with E-state index in [1.54, 1.807) is 4.90 Å². The van der Waals surface area contributed by atoms with E-state index < -0.39 is 5.60 Å². The number of hydrogen-bond donors (Lipinski definition) is 2. The monoisotopic (exact) mass is 223 g/mol. The van der Waals surface area contributed by atoms with Gasteiger partial charge in [-0.2, -0.15) is 0 Å². The Kier molecular flexibility index (Phi) is 4.64. The lowest BCUT2D eigenvalue weighted by molar-refractivity contribution is 0.00540. The average molecular weight is 224 g/mol. The van der Waals surface area contributed by atoms with Gasteiger partial charge in [-0.25, -0.2) is 4.79 Å². The van der Waals surface area contributed by atoms with E-state index in [0.29, 0.717) is 13.1 Å². The van der Waals surface area contributed by atoms with Crippen LogP contribution in [-0.4, -0.2) is 35.7 Å². The Labute approximate surface area is 90.3 Å². The van der Waals surface area contributed by atoms with E-state index in [-0.39, 0.29) is 24.5 Å². The summed E-state index contributed by atoms with van der Waals surface area (Å²) in [7, 11) is 0. The summed E-state index contributed by atoms with van der Waals surface area (Å²) in [4.78, 5) is 13.0. The molecule has 1 fully saturated rings. The highest BCUT2D eigenvalue weighted by atomic mass is 35.5. The maximum absolute atomic E-state index is 11.3. The highest BCUT2D eigenvalue weighted by Crippen LogP contribution is 2.14. The molecule has 1 rings (SSSR count). The SMILES string of the molecule is CC(C)(C)OC(=O)N1CC(NN)C1.Cl. The Hall–Kier alpha value is -0.520. The number of nitrogens with zero attached hydrogens (tertiary/aromatic N) is 1. The molecule has 0 spiro atoms. The number of halogens is 1. The van der Waals surface area contributed by atoms with Crippen LogP contribution in [-0.2, 0) is 4.74 Å². The van der Waals surface area contributed by atoms with Gasteiger partial charge in [0.15, 0.2) is 0 Å². The lowest BCUT2D eigenvalue weighted by Gasteiger charge is -2.39. The molecule has 1 amide bonds. The van der Waals surface area contributed by atoms with Crippen LogP contribution in [0.15, 0.2) is 0 Å². The lowest BCUT2D eigenvalue weighted by atomic mass is 10.1. The van der Waals surface area contributed by atoms with Crippen molar-refractivity contribution in [3.63, 3.8) is 0 Å². The Balaban J connectivity index is 0.00000169. The van der Waals surface area contributed by atoms with Gasteiger partial charge in [0.2, 0.25) is 0 Å². The molecule has 3 N–H and O–H groups in total. The predicted molar refractivity (Wildman–Crippen MR) is 56.2 cm³/mol. The van der Waals surface area contributed by atoms with Gasteiger partial charge in [0.05, 0.1) is 6.04 Å². The van der Waals surface area contributed by atoms with Crippen molar-refractivity contribution in [3.05, 3.63) is 0 Å². The van der Waals surface area contributed by atoms with Crippen LogP contribution >= 0.6 is 12.4 Å². The minimum atomic E-state index is -0.418. The van der Waals surface area contributed by atoms with Crippen LogP contribution in [0.3, 0.4) is 0 Å². The van der Waals surface area contributed by atoms with Crippen LogP contribution in [0.5, 0.6) is 0 Å². The molecule has 0 aliphatic carbocycles. The molecule has 6 heteroatoms. The summed E-state index contributed by atoms with van der Waals surface area (Å²) in [5.74, 6) is 5.19. The highest BCUT2D eigenvalue weighted by molar-refractivity contribution is 5.85. The van der Waals surface area contributed by atoms with Gasteiger partial charge in [0, 0.05) is 13.1 Å². The summed E-state index contributed by atoms with van der Waals surface area (Å²) in [6.07, 6.45) is -0.265. The normalized spacial score (nSPS) is 17.0. The topological polar surface area (TPSA) is 67.6 Å². The first-order valence-corrected chi connectivity index (χ1v) is 4.36. The molecule has 0 atom stereocenters. The number of nitrogens with two attached hydrogens (primary N) is 1. The molecular formula is C8H18ClN3O2. The summed E-state index contributed by atoms with van der Waals surface area (Å²) in [6, 6.07) is 0.215. The molecule has 5 nitrogen and oxygen atoms in total. The van der Waals surface area contributed by atoms with Gasteiger partial charge in [0.25, 0.3) is 0 Å². The van der Waals surface area contributed by atoms with E-state index in [4.69, 9.17) is 10.6 Å². The van der Waals surface area contributed by atoms with E-state index in [0.717, 1.165) is 0 Å². The maximum atomic E-state index is 11.3. The van der Waals surface area contributed by atoms with E-state index in [9.17, 15) is 4.79 Å². The first kappa shape index (κ1) is 13.5. The van der Waals surface area contributed by atoms with Gasteiger partial charge in [-0.05, 0) is 20.8 Å². The second-order valence-corrected chi connectivity index (χ2v) is 4.25. The second-order valence-electron chi connectivity index (χ2n) is 4.25. The van der Waals surface area contributed by atoms with Crippen LogP contribution in [0, 0.1) is 0 Å². The number of likely N-dealkylation sites (tertiary alicyclic amines) is 1. The smallest absolute Gasteiger partial charge is 0.410 e. The Morgan fingerprint density at radius 2 is 2.00 bits per heavy atom. The van der Waals surface area contributed by atoms with Crippen molar-refractivity contribution in [1.29, 1.82) is 0 Å². The molecule has 14 heavy (non-hydrogen) atoms. The van der Waals surface area contributed by atoms with Crippen molar-refractivity contribution in [2.24, 2.45) is 5.84 Å². The molecule has 84 valence electrons. The Bertz CT molecular complexity index is 199. The van der Waals surface area contributed by atoms with Gasteiger partial charge < -0.3 is 9.64 Å². The minimum Gasteiger partial charge on any atom is -0.444 e. The molecule has 1 aliphatic heterocycles. The summed E-state index contributed by atoms with van der Waals surface area (Å²) in [6.45, 7) is 6.81. The molecule has 0 unspecified atom stereocenters. The van der Waals surface area contributed by atoms with Gasteiger partial charge in [0.1, 0.15) is 5.60 Å². The standard InChI is InChI=1S/C8H17N3O2.ClH/c1-8(2,3)13-7(12)11-4-6(5-11)10-9;/h6,10H,4-5,9H2,1-3H3;1H. The third-order valence-corrected chi connectivity index (χ3v) is 1.77. The molecular weight excluding hydrogens is 206 g/mol. The van der Waals surface area contributed by atoms with Crippen molar-refractivity contribution in [2.75, 3.05) is 13.1 Å². The number of carbonyl (C=O) groups is 1. The summed E-state index contributed by atoms with van der Waals surface area (Å²) < 4.78 is 5.15. The van der Waals surface area contributed by atoms with E-state index in [1.165, 1.54) is 0 Å². The predicted octanol–water partition coefficient (Wildman–Crippen LogP) is 0.491. The molecule has 0 aromatic heterocycles. The fourth-order valence-electron chi connectivity index (χ4n) is 1.06. The van der Waals surface area contributed by atoms with Crippen molar-refractivity contribution >= 4 is 18.5 Å². The average Bonchev–Trinajstić information content (AvgIpc) is 1.79. The van der Waals surface area contributed by atoms with Crippen molar-refractivity contribution < 1.29 is 9.53 Å². The van der Waals surface area contributed by atoms with Crippen LogP contribution < -0.4 is 11.3 Å². The summed E-state index contributed by atoms with van der Waals surface area (Å²) in [5, 5.41) is 0. The number of ether oxygens (including phenoxy) is 1. The number of hydrogen-bond acceptors (Lipinski definition) is 4. The molecule has 1 aliphatic rings. The molecule has 0 saturated carbocycles. The van der Waals surface area contributed by atoms with Crippen LogP contribution in [0.4, 0.5) is 4.79 Å². The Morgan fingerprint density at radius 1 is 1.50 bits per heavy atom.